The third kappa shape index (κ3) is 4.51. The predicted molar refractivity (Wildman–Crippen MR) is 135 cm³/mol. The van der Waals surface area contributed by atoms with Gasteiger partial charge in [0.2, 0.25) is 0 Å². The van der Waals surface area contributed by atoms with Crippen LogP contribution < -0.4 is 9.64 Å². The highest BCUT2D eigenvalue weighted by Gasteiger charge is 2.36. The Labute approximate surface area is 200 Å². The molecule has 0 saturated carbocycles. The molecule has 0 unspecified atom stereocenters. The minimum Gasteiger partial charge on any atom is -0.489 e. The Bertz CT molecular complexity index is 1380. The molecule has 1 aliphatic heterocycles. The second kappa shape index (κ2) is 9.14. The zero-order valence-electron chi connectivity index (χ0n) is 17.4. The molecule has 162 valence electrons. The van der Waals surface area contributed by atoms with Gasteiger partial charge in [-0.25, -0.2) is 4.90 Å². The van der Waals surface area contributed by atoms with Gasteiger partial charge in [0.15, 0.2) is 0 Å². The highest BCUT2D eigenvalue weighted by atomic mass is 35.5. The summed E-state index contributed by atoms with van der Waals surface area (Å²) in [5, 5.41) is 2.57. The van der Waals surface area contributed by atoms with E-state index in [0.29, 0.717) is 22.2 Å². The van der Waals surface area contributed by atoms with E-state index < -0.39 is 0 Å². The number of hydrogen-bond acceptors (Lipinski definition) is 4. The number of anilines is 1. The summed E-state index contributed by atoms with van der Waals surface area (Å²) in [5.74, 6) is 0.387. The van der Waals surface area contributed by atoms with E-state index in [1.54, 1.807) is 30.3 Å². The molecule has 0 atom stereocenters. The van der Waals surface area contributed by atoms with Crippen LogP contribution >= 0.6 is 23.4 Å². The molecule has 0 spiro atoms. The standard InChI is InChI=1S/C27H18ClNO3S/c28-21-10-12-22(13-11-21)29-26(30)25(33-27(29)31)16-18-8-14-23(15-9-18)32-17-20-6-3-5-19-4-1-2-7-24(19)20/h1-16H,17H2/b25-16+. The number of thioether (sulfide) groups is 1. The smallest absolute Gasteiger partial charge is 0.298 e. The quantitative estimate of drug-likeness (QED) is 0.286. The maximum Gasteiger partial charge on any atom is 0.298 e. The van der Waals surface area contributed by atoms with Crippen molar-refractivity contribution in [2.75, 3.05) is 4.90 Å². The van der Waals surface area contributed by atoms with Gasteiger partial charge in [-0.2, -0.15) is 0 Å². The number of rotatable bonds is 5. The Morgan fingerprint density at radius 2 is 1.58 bits per heavy atom. The molecule has 0 aliphatic carbocycles. The zero-order valence-corrected chi connectivity index (χ0v) is 19.0. The number of imide groups is 1. The molecule has 1 saturated heterocycles. The van der Waals surface area contributed by atoms with E-state index in [9.17, 15) is 9.59 Å². The third-order valence-corrected chi connectivity index (χ3v) is 6.45. The number of amides is 2. The fraction of sp³-hybridized carbons (Fsp3) is 0.0370. The Hall–Kier alpha value is -3.54. The van der Waals surface area contributed by atoms with Crippen molar-refractivity contribution in [2.24, 2.45) is 0 Å². The van der Waals surface area contributed by atoms with E-state index in [2.05, 4.69) is 24.3 Å². The highest BCUT2D eigenvalue weighted by Crippen LogP contribution is 2.36. The number of halogens is 1. The van der Waals surface area contributed by atoms with Gasteiger partial charge in [-0.3, -0.25) is 9.59 Å². The molecular formula is C27H18ClNO3S. The van der Waals surface area contributed by atoms with Crippen LogP contribution in [0.5, 0.6) is 5.75 Å². The fourth-order valence-corrected chi connectivity index (χ4v) is 4.64. The van der Waals surface area contributed by atoms with Gasteiger partial charge in [0, 0.05) is 5.02 Å². The summed E-state index contributed by atoms with van der Waals surface area (Å²) < 4.78 is 5.98. The second-order valence-corrected chi connectivity index (χ2v) is 8.92. The Morgan fingerprint density at radius 1 is 0.848 bits per heavy atom. The Morgan fingerprint density at radius 3 is 2.36 bits per heavy atom. The van der Waals surface area contributed by atoms with Crippen LogP contribution in [0.25, 0.3) is 16.8 Å². The van der Waals surface area contributed by atoms with Crippen molar-refractivity contribution in [3.05, 3.63) is 112 Å². The van der Waals surface area contributed by atoms with Crippen LogP contribution in [0.2, 0.25) is 5.02 Å². The predicted octanol–water partition coefficient (Wildman–Crippen LogP) is 7.31. The van der Waals surface area contributed by atoms with Crippen LogP contribution in [0.3, 0.4) is 0 Å². The van der Waals surface area contributed by atoms with Gasteiger partial charge >= 0.3 is 0 Å². The summed E-state index contributed by atoms with van der Waals surface area (Å²) in [7, 11) is 0. The van der Waals surface area contributed by atoms with Crippen molar-refractivity contribution in [2.45, 2.75) is 6.61 Å². The van der Waals surface area contributed by atoms with Crippen LogP contribution in [0, 0.1) is 0 Å². The Kier molecular flexibility index (Phi) is 5.90. The molecule has 0 N–H and O–H groups in total. The second-order valence-electron chi connectivity index (χ2n) is 7.49. The first kappa shape index (κ1) is 21.3. The zero-order chi connectivity index (χ0) is 22.8. The van der Waals surface area contributed by atoms with E-state index >= 15 is 0 Å². The van der Waals surface area contributed by atoms with Gasteiger partial charge < -0.3 is 4.74 Å². The van der Waals surface area contributed by atoms with Crippen LogP contribution in [-0.2, 0) is 11.4 Å². The number of carbonyl (C=O) groups is 2. The first-order chi connectivity index (χ1) is 16.1. The average Bonchev–Trinajstić information content (AvgIpc) is 3.11. The van der Waals surface area contributed by atoms with Crippen molar-refractivity contribution in [3.8, 4) is 5.75 Å². The Balaban J connectivity index is 1.29. The van der Waals surface area contributed by atoms with Crippen molar-refractivity contribution in [1.82, 2.24) is 0 Å². The van der Waals surface area contributed by atoms with E-state index in [1.807, 2.05) is 42.5 Å². The lowest BCUT2D eigenvalue weighted by Gasteiger charge is -2.12. The minimum atomic E-state index is -0.344. The summed E-state index contributed by atoms with van der Waals surface area (Å²) in [4.78, 5) is 26.7. The van der Waals surface area contributed by atoms with Gasteiger partial charge in [-0.05, 0) is 76.1 Å². The van der Waals surface area contributed by atoms with Gasteiger partial charge in [-0.1, -0.05) is 66.2 Å². The summed E-state index contributed by atoms with van der Waals surface area (Å²) >= 11 is 6.83. The monoisotopic (exact) mass is 471 g/mol. The van der Waals surface area contributed by atoms with Crippen LogP contribution in [-0.4, -0.2) is 11.1 Å². The van der Waals surface area contributed by atoms with Gasteiger partial charge in [0.05, 0.1) is 10.6 Å². The van der Waals surface area contributed by atoms with Crippen molar-refractivity contribution in [3.63, 3.8) is 0 Å². The van der Waals surface area contributed by atoms with Gasteiger partial charge in [-0.15, -0.1) is 0 Å². The lowest BCUT2D eigenvalue weighted by atomic mass is 10.1. The van der Waals surface area contributed by atoms with Crippen LogP contribution in [0.4, 0.5) is 10.5 Å². The van der Waals surface area contributed by atoms with Gasteiger partial charge in [0.1, 0.15) is 12.4 Å². The molecule has 2 amide bonds. The summed E-state index contributed by atoms with van der Waals surface area (Å²) in [6.07, 6.45) is 1.72. The summed E-state index contributed by atoms with van der Waals surface area (Å²) in [5.41, 5.74) is 2.43. The first-order valence-electron chi connectivity index (χ1n) is 10.3. The van der Waals surface area contributed by atoms with Crippen LogP contribution in [0.15, 0.2) is 95.9 Å². The molecule has 0 aromatic heterocycles. The molecule has 5 rings (SSSR count). The summed E-state index contributed by atoms with van der Waals surface area (Å²) in [6, 6.07) is 28.5. The van der Waals surface area contributed by atoms with E-state index in [1.165, 1.54) is 10.8 Å². The fourth-order valence-electron chi connectivity index (χ4n) is 3.67. The lowest BCUT2D eigenvalue weighted by molar-refractivity contribution is -0.113. The molecule has 4 nitrogen and oxygen atoms in total. The van der Waals surface area contributed by atoms with Crippen molar-refractivity contribution in [1.29, 1.82) is 0 Å². The number of carbonyl (C=O) groups excluding carboxylic acids is 2. The number of nitrogens with zero attached hydrogens (tertiary/aromatic N) is 1. The molecule has 6 heteroatoms. The molecule has 1 fully saturated rings. The normalized spacial score (nSPS) is 14.9. The molecule has 0 bridgehead atoms. The highest BCUT2D eigenvalue weighted by molar-refractivity contribution is 8.19. The third-order valence-electron chi connectivity index (χ3n) is 5.33. The molecular weight excluding hydrogens is 454 g/mol. The number of hydrogen-bond donors (Lipinski definition) is 0. The van der Waals surface area contributed by atoms with Crippen molar-refractivity contribution >= 4 is 57.0 Å². The SMILES string of the molecule is O=C1S/C(=C/c2ccc(OCc3cccc4ccccc34)cc2)C(=O)N1c1ccc(Cl)cc1. The molecule has 1 heterocycles. The number of benzene rings is 4. The maximum atomic E-state index is 12.8. The van der Waals surface area contributed by atoms with E-state index in [-0.39, 0.29) is 11.1 Å². The lowest BCUT2D eigenvalue weighted by Crippen LogP contribution is -2.27. The maximum absolute atomic E-state index is 12.8. The molecule has 1 aliphatic rings. The number of fused-ring (bicyclic) bond motifs is 1. The van der Waals surface area contributed by atoms with Crippen molar-refractivity contribution < 1.29 is 14.3 Å². The van der Waals surface area contributed by atoms with E-state index in [4.69, 9.17) is 16.3 Å². The van der Waals surface area contributed by atoms with E-state index in [0.717, 1.165) is 33.5 Å². The molecule has 33 heavy (non-hydrogen) atoms. The molecule has 4 aromatic rings. The molecule has 4 aromatic carbocycles. The van der Waals surface area contributed by atoms with Crippen LogP contribution in [0.1, 0.15) is 11.1 Å². The molecule has 0 radical (unpaired) electrons. The number of ether oxygens (including phenoxy) is 1. The topological polar surface area (TPSA) is 46.6 Å². The van der Waals surface area contributed by atoms with Gasteiger partial charge in [0.25, 0.3) is 11.1 Å². The first-order valence-corrected chi connectivity index (χ1v) is 11.5. The summed E-state index contributed by atoms with van der Waals surface area (Å²) in [6.45, 7) is 0.459. The largest absolute Gasteiger partial charge is 0.489 e. The average molecular weight is 472 g/mol. The minimum absolute atomic E-state index is 0.330.